The molecule has 0 unspecified atom stereocenters. The lowest BCUT2D eigenvalue weighted by Crippen LogP contribution is -2.47. The monoisotopic (exact) mass is 418 g/mol. The molecule has 8 heteroatoms. The molecule has 6 nitrogen and oxygen atoms in total. The van der Waals surface area contributed by atoms with Gasteiger partial charge in [0.1, 0.15) is 23.4 Å². The number of aryl methyl sites for hydroxylation is 1. The largest absolute Gasteiger partial charge is 0.451 e. The highest BCUT2D eigenvalue weighted by molar-refractivity contribution is 5.99. The van der Waals surface area contributed by atoms with Gasteiger partial charge >= 0.3 is 5.97 Å². The number of hydrogen-bond acceptors (Lipinski definition) is 4. The second-order valence-electron chi connectivity index (χ2n) is 7.18. The molecule has 2 aromatic rings. The van der Waals surface area contributed by atoms with Crippen molar-refractivity contribution < 1.29 is 27.9 Å². The molecule has 0 saturated heterocycles. The lowest BCUT2D eigenvalue weighted by Gasteiger charge is -2.23. The van der Waals surface area contributed by atoms with Gasteiger partial charge in [0.15, 0.2) is 6.10 Å². The maximum Gasteiger partial charge on any atom is 0.329 e. The van der Waals surface area contributed by atoms with Crippen LogP contribution in [-0.4, -0.2) is 29.9 Å². The first-order valence-corrected chi connectivity index (χ1v) is 9.43. The van der Waals surface area contributed by atoms with Crippen LogP contribution in [0.4, 0.5) is 14.5 Å². The third-order valence-electron chi connectivity index (χ3n) is 4.47. The van der Waals surface area contributed by atoms with E-state index in [9.17, 15) is 23.2 Å². The van der Waals surface area contributed by atoms with Crippen molar-refractivity contribution in [3.63, 3.8) is 0 Å². The Morgan fingerprint density at radius 2 is 1.53 bits per heavy atom. The summed E-state index contributed by atoms with van der Waals surface area (Å²) in [5.41, 5.74) is 0.529. The van der Waals surface area contributed by atoms with E-state index < -0.39 is 47.3 Å². The van der Waals surface area contributed by atoms with Crippen molar-refractivity contribution in [2.75, 3.05) is 5.32 Å². The molecule has 0 heterocycles. The van der Waals surface area contributed by atoms with Crippen LogP contribution in [0.5, 0.6) is 0 Å². The zero-order valence-corrected chi connectivity index (χ0v) is 17.2. The Morgan fingerprint density at radius 3 is 2.10 bits per heavy atom. The van der Waals surface area contributed by atoms with Gasteiger partial charge in [-0.2, -0.15) is 0 Å². The predicted molar refractivity (Wildman–Crippen MR) is 108 cm³/mol. The Hall–Kier alpha value is -3.29. The third-order valence-corrected chi connectivity index (χ3v) is 4.47. The van der Waals surface area contributed by atoms with E-state index in [-0.39, 0.29) is 5.92 Å². The molecule has 30 heavy (non-hydrogen) atoms. The van der Waals surface area contributed by atoms with Gasteiger partial charge in [0, 0.05) is 5.56 Å². The fraction of sp³-hybridized carbons (Fsp3) is 0.318. The second kappa shape index (κ2) is 9.96. The Kier molecular flexibility index (Phi) is 7.63. The zero-order valence-electron chi connectivity index (χ0n) is 17.2. The van der Waals surface area contributed by atoms with Crippen LogP contribution >= 0.6 is 0 Å². The summed E-state index contributed by atoms with van der Waals surface area (Å²) in [4.78, 5) is 37.3. The number of amides is 2. The van der Waals surface area contributed by atoms with Crippen molar-refractivity contribution in [1.82, 2.24) is 5.32 Å². The van der Waals surface area contributed by atoms with Crippen LogP contribution < -0.4 is 10.6 Å². The Balaban J connectivity index is 2.06. The van der Waals surface area contributed by atoms with Gasteiger partial charge in [-0.25, -0.2) is 13.6 Å². The Labute approximate surface area is 173 Å². The quantitative estimate of drug-likeness (QED) is 0.673. The summed E-state index contributed by atoms with van der Waals surface area (Å²) in [6.45, 7) is 6.46. The predicted octanol–water partition coefficient (Wildman–Crippen LogP) is 3.60. The average Bonchev–Trinajstić information content (AvgIpc) is 2.68. The summed E-state index contributed by atoms with van der Waals surface area (Å²) < 4.78 is 32.5. The number of nitrogens with one attached hydrogen (secondary N) is 2. The third kappa shape index (κ3) is 5.62. The van der Waals surface area contributed by atoms with Crippen molar-refractivity contribution in [2.24, 2.45) is 5.92 Å². The van der Waals surface area contributed by atoms with E-state index >= 15 is 0 Å². The van der Waals surface area contributed by atoms with E-state index in [1.807, 2.05) is 0 Å². The minimum absolute atomic E-state index is 0.329. The SMILES string of the molecule is Cc1ccccc1C(=O)N[C@H](C(=O)O[C@@H](C)C(=O)Nc1c(F)cccc1F)C(C)C. The second-order valence-corrected chi connectivity index (χ2v) is 7.18. The molecule has 2 amide bonds. The average molecular weight is 418 g/mol. The van der Waals surface area contributed by atoms with Crippen LogP contribution in [0.15, 0.2) is 42.5 Å². The molecule has 0 aliphatic heterocycles. The molecular weight excluding hydrogens is 394 g/mol. The Morgan fingerprint density at radius 1 is 0.933 bits per heavy atom. The van der Waals surface area contributed by atoms with Gasteiger partial charge in [0.2, 0.25) is 0 Å². The van der Waals surface area contributed by atoms with E-state index in [0.29, 0.717) is 5.56 Å². The van der Waals surface area contributed by atoms with Gasteiger partial charge in [-0.3, -0.25) is 9.59 Å². The highest BCUT2D eigenvalue weighted by Gasteiger charge is 2.30. The number of halogens is 2. The molecule has 0 radical (unpaired) electrons. The van der Waals surface area contributed by atoms with Crippen LogP contribution in [-0.2, 0) is 14.3 Å². The van der Waals surface area contributed by atoms with Gasteiger partial charge in [-0.1, -0.05) is 38.1 Å². The number of anilines is 1. The van der Waals surface area contributed by atoms with Gasteiger partial charge in [-0.15, -0.1) is 0 Å². The molecule has 2 aromatic carbocycles. The van der Waals surface area contributed by atoms with Crippen molar-refractivity contribution in [3.8, 4) is 0 Å². The maximum absolute atomic E-state index is 13.7. The van der Waals surface area contributed by atoms with Crippen molar-refractivity contribution in [3.05, 3.63) is 65.2 Å². The minimum atomic E-state index is -1.34. The highest BCUT2D eigenvalue weighted by Crippen LogP contribution is 2.18. The first-order chi connectivity index (χ1) is 14.1. The number of ether oxygens (including phenoxy) is 1. The van der Waals surface area contributed by atoms with Gasteiger partial charge in [-0.05, 0) is 43.5 Å². The van der Waals surface area contributed by atoms with Crippen molar-refractivity contribution in [1.29, 1.82) is 0 Å². The van der Waals surface area contributed by atoms with Crippen molar-refractivity contribution >= 4 is 23.5 Å². The first-order valence-electron chi connectivity index (χ1n) is 9.43. The summed E-state index contributed by atoms with van der Waals surface area (Å²) in [7, 11) is 0. The molecule has 2 atom stereocenters. The van der Waals surface area contributed by atoms with Gasteiger partial charge in [0.05, 0.1) is 0 Å². The molecule has 2 rings (SSSR count). The van der Waals surface area contributed by atoms with E-state index in [4.69, 9.17) is 4.74 Å². The number of hydrogen-bond donors (Lipinski definition) is 2. The number of para-hydroxylation sites is 1. The lowest BCUT2D eigenvalue weighted by atomic mass is 10.0. The molecule has 0 aliphatic carbocycles. The standard InChI is InChI=1S/C22H24F2N2O4/c1-12(2)18(25-21(28)15-9-6-5-8-13(15)3)22(29)30-14(4)20(27)26-19-16(23)10-7-11-17(19)24/h5-12,14,18H,1-4H3,(H,25,28)(H,26,27)/t14-,18-/m0/s1. The van der Waals surface area contributed by atoms with Crippen LogP contribution in [0.1, 0.15) is 36.7 Å². The highest BCUT2D eigenvalue weighted by atomic mass is 19.1. The fourth-order valence-corrected chi connectivity index (χ4v) is 2.69. The van der Waals surface area contributed by atoms with Gasteiger partial charge in [0.25, 0.3) is 11.8 Å². The van der Waals surface area contributed by atoms with Crippen LogP contribution in [0.2, 0.25) is 0 Å². The summed E-state index contributed by atoms with van der Waals surface area (Å²) >= 11 is 0. The van der Waals surface area contributed by atoms with Gasteiger partial charge < -0.3 is 15.4 Å². The topological polar surface area (TPSA) is 84.5 Å². The summed E-state index contributed by atoms with van der Waals surface area (Å²) in [5.74, 6) is -4.41. The van der Waals surface area contributed by atoms with E-state index in [0.717, 1.165) is 23.8 Å². The van der Waals surface area contributed by atoms with Crippen LogP contribution in [0.25, 0.3) is 0 Å². The van der Waals surface area contributed by atoms with Crippen LogP contribution in [0.3, 0.4) is 0 Å². The van der Waals surface area contributed by atoms with E-state index in [1.54, 1.807) is 45.0 Å². The number of carbonyl (C=O) groups is 3. The molecule has 0 spiro atoms. The molecule has 0 aliphatic rings. The van der Waals surface area contributed by atoms with Crippen molar-refractivity contribution in [2.45, 2.75) is 39.8 Å². The smallest absolute Gasteiger partial charge is 0.329 e. The number of carbonyl (C=O) groups excluding carboxylic acids is 3. The normalized spacial score (nSPS) is 12.8. The summed E-state index contributed by atoms with van der Waals surface area (Å²) in [6, 6.07) is 9.03. The Bertz CT molecular complexity index is 926. The summed E-state index contributed by atoms with van der Waals surface area (Å²) in [6.07, 6.45) is -1.34. The number of benzene rings is 2. The first kappa shape index (κ1) is 23.0. The molecule has 0 fully saturated rings. The molecule has 0 saturated carbocycles. The summed E-state index contributed by atoms with van der Waals surface area (Å²) in [5, 5.41) is 4.69. The maximum atomic E-state index is 13.7. The van der Waals surface area contributed by atoms with E-state index in [1.165, 1.54) is 6.92 Å². The lowest BCUT2D eigenvalue weighted by molar-refractivity contribution is -0.156. The number of rotatable bonds is 7. The molecular formula is C22H24F2N2O4. The zero-order chi connectivity index (χ0) is 22.4. The van der Waals surface area contributed by atoms with E-state index in [2.05, 4.69) is 10.6 Å². The molecule has 2 N–H and O–H groups in total. The number of esters is 1. The molecule has 0 bridgehead atoms. The molecule has 0 aromatic heterocycles. The fourth-order valence-electron chi connectivity index (χ4n) is 2.69. The minimum Gasteiger partial charge on any atom is -0.451 e. The molecule has 160 valence electrons. The van der Waals surface area contributed by atoms with Crippen LogP contribution in [0, 0.1) is 24.5 Å².